The molecular formula is C107H141ClF8. The minimum Gasteiger partial charge on any atom is -0.207 e. The van der Waals surface area contributed by atoms with E-state index in [9.17, 15) is 35.1 Å². The Labute approximate surface area is 704 Å². The van der Waals surface area contributed by atoms with Crippen molar-refractivity contribution in [3.63, 3.8) is 0 Å². The number of halogens is 9. The van der Waals surface area contributed by atoms with Crippen LogP contribution in [-0.2, 0) is 0 Å². The summed E-state index contributed by atoms with van der Waals surface area (Å²) in [5.74, 6) is 3.18. The van der Waals surface area contributed by atoms with Crippen molar-refractivity contribution in [2.75, 3.05) is 0 Å². The topological polar surface area (TPSA) is 0 Å². The van der Waals surface area contributed by atoms with Gasteiger partial charge in [-0.3, -0.25) is 0 Å². The molecule has 0 bridgehead atoms. The number of aryl methyl sites for hydroxylation is 7. The monoisotopic (exact) mass is 1610 g/mol. The molecular weight excluding hydrogens is 1470 g/mol. The minimum atomic E-state index is -0.380. The number of hydrogen-bond acceptors (Lipinski definition) is 0. The fraction of sp³-hybridized carbons (Fsp3) is 0.383. The van der Waals surface area contributed by atoms with Gasteiger partial charge in [-0.15, -0.1) is 0 Å². The first-order valence-electron chi connectivity index (χ1n) is 40.7. The molecule has 0 aliphatic rings. The third-order valence-corrected chi connectivity index (χ3v) is 18.9. The second-order valence-corrected chi connectivity index (χ2v) is 33.2. The average Bonchev–Trinajstić information content (AvgIpc) is 0.869. The third kappa shape index (κ3) is 43.4. The maximum atomic E-state index is 13.1. The van der Waals surface area contributed by atoms with Crippen LogP contribution in [0.5, 0.6) is 0 Å². The molecule has 0 amide bonds. The lowest BCUT2D eigenvalue weighted by atomic mass is 10.0. The molecule has 0 aromatic heterocycles. The molecule has 116 heavy (non-hydrogen) atoms. The number of hydrogen-bond donors (Lipinski definition) is 0. The molecule has 632 valence electrons. The Bertz CT molecular complexity index is 4220. The second kappa shape index (κ2) is 56.5. The molecule has 11 aromatic rings. The highest BCUT2D eigenvalue weighted by Gasteiger charge is 2.11. The van der Waals surface area contributed by atoms with Crippen LogP contribution in [0.2, 0.25) is 5.02 Å². The maximum absolute atomic E-state index is 13.1. The fourth-order valence-corrected chi connectivity index (χ4v) is 11.3. The van der Waals surface area contributed by atoms with Crippen LogP contribution < -0.4 is 0 Å². The summed E-state index contributed by atoms with van der Waals surface area (Å²) in [4.78, 5) is 0. The first-order valence-corrected chi connectivity index (χ1v) is 41.1. The first-order chi connectivity index (χ1) is 53.8. The zero-order valence-corrected chi connectivity index (χ0v) is 75.5. The molecule has 0 aliphatic carbocycles. The zero-order valence-electron chi connectivity index (χ0n) is 74.8. The maximum Gasteiger partial charge on any atom is 0.126 e. The largest absolute Gasteiger partial charge is 0.207 e. The predicted molar refractivity (Wildman–Crippen MR) is 490 cm³/mol. The van der Waals surface area contributed by atoms with E-state index in [0.717, 1.165) is 67.2 Å². The van der Waals surface area contributed by atoms with Crippen molar-refractivity contribution in [3.8, 4) is 0 Å². The molecule has 11 rings (SSSR count). The summed E-state index contributed by atoms with van der Waals surface area (Å²) in [5.41, 5.74) is 19.1. The molecule has 0 unspecified atom stereocenters. The van der Waals surface area contributed by atoms with Crippen molar-refractivity contribution in [2.45, 2.75) is 273 Å². The molecule has 0 aliphatic heterocycles. The van der Waals surface area contributed by atoms with E-state index in [2.05, 4.69) is 183 Å². The molecule has 9 heteroatoms. The second-order valence-electron chi connectivity index (χ2n) is 32.8. The number of rotatable bonds is 11. The molecule has 0 radical (unpaired) electrons. The van der Waals surface area contributed by atoms with Gasteiger partial charge in [0.25, 0.3) is 0 Å². The Morgan fingerprint density at radius 3 is 0.759 bits per heavy atom. The lowest BCUT2D eigenvalue weighted by Crippen LogP contribution is -1.93. The van der Waals surface area contributed by atoms with Crippen LogP contribution >= 0.6 is 11.6 Å². The van der Waals surface area contributed by atoms with Gasteiger partial charge in [-0.2, -0.15) is 0 Å². The Morgan fingerprint density at radius 1 is 0.190 bits per heavy atom. The van der Waals surface area contributed by atoms with E-state index >= 15 is 0 Å². The third-order valence-electron chi connectivity index (χ3n) is 18.5. The van der Waals surface area contributed by atoms with Gasteiger partial charge in [0, 0.05) is 5.02 Å². The molecule has 0 heterocycles. The van der Waals surface area contributed by atoms with Crippen LogP contribution in [0.3, 0.4) is 0 Å². The molecule has 0 saturated heterocycles. The van der Waals surface area contributed by atoms with Gasteiger partial charge in [-0.1, -0.05) is 358 Å². The highest BCUT2D eigenvalue weighted by Crippen LogP contribution is 2.27. The molecule has 0 spiro atoms. The van der Waals surface area contributed by atoms with Crippen molar-refractivity contribution >= 4 is 11.6 Å². The summed E-state index contributed by atoms with van der Waals surface area (Å²) in [6.45, 7) is 59.3. The van der Waals surface area contributed by atoms with E-state index in [1.54, 1.807) is 37.3 Å². The van der Waals surface area contributed by atoms with E-state index in [4.69, 9.17) is 11.6 Å². The highest BCUT2D eigenvalue weighted by molar-refractivity contribution is 6.31. The van der Waals surface area contributed by atoms with Gasteiger partial charge in [0.1, 0.15) is 46.5 Å². The summed E-state index contributed by atoms with van der Waals surface area (Å²) in [6.07, 6.45) is 0. The van der Waals surface area contributed by atoms with E-state index in [0.29, 0.717) is 41.1 Å². The zero-order chi connectivity index (χ0) is 87.5. The normalized spacial score (nSPS) is 10.4. The van der Waals surface area contributed by atoms with Gasteiger partial charge in [-0.25, -0.2) is 35.1 Å². The minimum absolute atomic E-state index is 0. The van der Waals surface area contributed by atoms with E-state index < -0.39 is 0 Å². The summed E-state index contributed by atoms with van der Waals surface area (Å²) < 4.78 is 103. The Balaban J connectivity index is 0.00000125. The van der Waals surface area contributed by atoms with Crippen molar-refractivity contribution in [1.82, 2.24) is 0 Å². The van der Waals surface area contributed by atoms with E-state index in [1.165, 1.54) is 68.8 Å². The first kappa shape index (κ1) is 107. The van der Waals surface area contributed by atoms with E-state index in [1.807, 2.05) is 181 Å². The molecule has 0 nitrogen and oxygen atoms in total. The molecule has 0 fully saturated rings. The lowest BCUT2D eigenvalue weighted by molar-refractivity contribution is 0.575. The van der Waals surface area contributed by atoms with Crippen LogP contribution in [0.4, 0.5) is 35.1 Å². The lowest BCUT2D eigenvalue weighted by Gasteiger charge is -2.06. The molecule has 0 N–H and O–H groups in total. The van der Waals surface area contributed by atoms with Gasteiger partial charge in [0.05, 0.1) is 0 Å². The summed E-state index contributed by atoms with van der Waals surface area (Å²) in [7, 11) is 0. The van der Waals surface area contributed by atoms with Crippen LogP contribution in [0.1, 0.15) is 325 Å². The van der Waals surface area contributed by atoms with Gasteiger partial charge in [0.15, 0.2) is 0 Å². The Hall–Kier alpha value is -8.85. The smallest absolute Gasteiger partial charge is 0.126 e. The Kier molecular flexibility index (Phi) is 52.2. The van der Waals surface area contributed by atoms with Gasteiger partial charge >= 0.3 is 0 Å². The Morgan fingerprint density at radius 2 is 0.474 bits per heavy atom. The van der Waals surface area contributed by atoms with Crippen molar-refractivity contribution < 1.29 is 35.1 Å². The highest BCUT2D eigenvalue weighted by atomic mass is 35.5. The van der Waals surface area contributed by atoms with Crippen LogP contribution in [-0.4, -0.2) is 0 Å². The van der Waals surface area contributed by atoms with Crippen molar-refractivity contribution in [2.24, 2.45) is 0 Å². The van der Waals surface area contributed by atoms with Crippen molar-refractivity contribution in [1.29, 1.82) is 0 Å². The van der Waals surface area contributed by atoms with Gasteiger partial charge in [0.2, 0.25) is 0 Å². The average molecular weight is 1610 g/mol. The summed E-state index contributed by atoms with van der Waals surface area (Å²) in [6, 6.07) is 72.6. The van der Waals surface area contributed by atoms with Gasteiger partial charge < -0.3 is 0 Å². The van der Waals surface area contributed by atoms with Crippen molar-refractivity contribution in [3.05, 3.63) is 388 Å². The fourth-order valence-electron chi connectivity index (χ4n) is 11.0. The molecule has 0 atom stereocenters. The number of benzene rings is 11. The predicted octanol–water partition coefficient (Wildman–Crippen LogP) is 35.5. The van der Waals surface area contributed by atoms with Gasteiger partial charge in [-0.05, 0) is 264 Å². The molecule has 11 aromatic carbocycles. The summed E-state index contributed by atoms with van der Waals surface area (Å²) in [5, 5.41) is 0.873. The van der Waals surface area contributed by atoms with Crippen LogP contribution in [0.25, 0.3) is 0 Å². The molecule has 0 saturated carbocycles. The standard InChI is InChI=1S/4C10H13F.3C10H14.C9H11Cl.C9H10F2.2C9H11F.CH4/c1-7(2)9-5-4-8(3)10(11)6-9;3*1-7(2)9-5-4-8(3)6-10(9)11;1-8(2)10-6-4-9(3)5-7-10;2*1-8(2)10-6-4-5-9(3)7-10;1-7(2)8-5-3-4-6-9(8)10;1-6(2)8-5-7(10)3-4-9(8)11;1-7(2)8-3-5-9(10)6-4-8;1-7(2)8-5-3-4-6-9(8)10;/h4*4-7H,1-3H3;3*4-8H,1-3H3;3-7H,1-2H3;3-6H,1-2H3;2*3-7H,1-2H3;1H4. The quantitative estimate of drug-likeness (QED) is 0.113. The SMILES string of the molecule is C.CC(C)c1cc(F)ccc1F.CC(C)c1ccc(F)cc1.CC(C)c1ccccc1Cl.CC(C)c1ccccc1F.Cc1ccc(C(C)C)c(F)c1.Cc1ccc(C(C)C)c(F)c1.Cc1ccc(C(C)C)c(F)c1.Cc1ccc(C(C)C)cc1.Cc1ccc(C(C)C)cc1F.Cc1cccc(C(C)C)c1.Cc1cccc(C(C)C)c1. The van der Waals surface area contributed by atoms with E-state index in [-0.39, 0.29) is 83.6 Å². The van der Waals surface area contributed by atoms with Crippen LogP contribution in [0.15, 0.2) is 237 Å². The van der Waals surface area contributed by atoms with Crippen LogP contribution in [0, 0.1) is 95.0 Å². The summed E-state index contributed by atoms with van der Waals surface area (Å²) >= 11 is 5.92.